The van der Waals surface area contributed by atoms with E-state index >= 15 is 0 Å². The summed E-state index contributed by atoms with van der Waals surface area (Å²) in [7, 11) is 0. The minimum absolute atomic E-state index is 0.141. The first-order chi connectivity index (χ1) is 9.02. The normalized spacial score (nSPS) is 16.2. The third kappa shape index (κ3) is 3.42. The molecule has 0 aliphatic heterocycles. The zero-order valence-corrected chi connectivity index (χ0v) is 10.8. The fraction of sp³-hybridized carbons (Fsp3) is 0.800. The highest BCUT2D eigenvalue weighted by atomic mass is 19.4. The van der Waals surface area contributed by atoms with E-state index in [1.54, 1.807) is 0 Å². The van der Waals surface area contributed by atoms with Gasteiger partial charge in [0.1, 0.15) is 5.54 Å². The topological polar surface area (TPSA) is 74.2 Å². The Morgan fingerprint density at radius 3 is 2.35 bits per heavy atom. The molecular weight excluding hydrogens is 289 g/mol. The maximum atomic E-state index is 13.0. The SMILES string of the molecule is CCCOCC(C)(N)c1noc(C(F)(F)C(F)(F)F)n1. The van der Waals surface area contributed by atoms with Gasteiger partial charge in [-0.1, -0.05) is 12.1 Å². The Bertz CT molecular complexity index is 444. The summed E-state index contributed by atoms with van der Waals surface area (Å²) < 4.78 is 71.5. The Hall–Kier alpha value is -1.29. The molecule has 1 aromatic rings. The molecule has 5 nitrogen and oxygen atoms in total. The first kappa shape index (κ1) is 16.8. The number of halogens is 5. The first-order valence-electron chi connectivity index (χ1n) is 5.68. The predicted octanol–water partition coefficient (Wildman–Crippen LogP) is 2.32. The van der Waals surface area contributed by atoms with E-state index in [-0.39, 0.29) is 6.61 Å². The molecule has 1 atom stereocenters. The Balaban J connectivity index is 2.92. The molecule has 0 radical (unpaired) electrons. The molecule has 1 aromatic heterocycles. The van der Waals surface area contributed by atoms with Crippen molar-refractivity contribution in [3.63, 3.8) is 0 Å². The van der Waals surface area contributed by atoms with E-state index in [1.165, 1.54) is 6.92 Å². The monoisotopic (exact) mass is 303 g/mol. The van der Waals surface area contributed by atoms with Crippen LogP contribution in [-0.4, -0.2) is 29.5 Å². The lowest BCUT2D eigenvalue weighted by Gasteiger charge is -2.20. The van der Waals surface area contributed by atoms with Crippen molar-refractivity contribution in [1.82, 2.24) is 10.1 Å². The van der Waals surface area contributed by atoms with Crippen molar-refractivity contribution in [3.05, 3.63) is 11.7 Å². The van der Waals surface area contributed by atoms with Gasteiger partial charge in [-0.2, -0.15) is 26.9 Å². The maximum Gasteiger partial charge on any atom is 0.463 e. The molecule has 0 aliphatic carbocycles. The van der Waals surface area contributed by atoms with Crippen LogP contribution in [0.1, 0.15) is 32.0 Å². The van der Waals surface area contributed by atoms with E-state index in [2.05, 4.69) is 14.7 Å². The second-order valence-corrected chi connectivity index (χ2v) is 4.47. The fourth-order valence-electron chi connectivity index (χ4n) is 1.20. The van der Waals surface area contributed by atoms with Gasteiger partial charge >= 0.3 is 18.0 Å². The van der Waals surface area contributed by atoms with E-state index in [9.17, 15) is 22.0 Å². The van der Waals surface area contributed by atoms with Crippen molar-refractivity contribution in [2.75, 3.05) is 13.2 Å². The van der Waals surface area contributed by atoms with Gasteiger partial charge in [-0.3, -0.25) is 0 Å². The van der Waals surface area contributed by atoms with Crippen LogP contribution < -0.4 is 5.73 Å². The third-order valence-corrected chi connectivity index (χ3v) is 2.31. The molecule has 1 heterocycles. The van der Waals surface area contributed by atoms with Crippen LogP contribution in [0.25, 0.3) is 0 Å². The van der Waals surface area contributed by atoms with E-state index in [1.807, 2.05) is 6.92 Å². The van der Waals surface area contributed by atoms with Crippen molar-refractivity contribution >= 4 is 0 Å². The van der Waals surface area contributed by atoms with Gasteiger partial charge in [0, 0.05) is 6.61 Å². The van der Waals surface area contributed by atoms with Gasteiger partial charge < -0.3 is 15.0 Å². The fourth-order valence-corrected chi connectivity index (χ4v) is 1.20. The molecular formula is C10H14F5N3O2. The molecule has 0 bridgehead atoms. The van der Waals surface area contributed by atoms with Gasteiger partial charge in [0.05, 0.1) is 6.61 Å². The number of nitrogens with two attached hydrogens (primary N) is 1. The number of ether oxygens (including phenoxy) is 1. The van der Waals surface area contributed by atoms with Crippen molar-refractivity contribution in [3.8, 4) is 0 Å². The summed E-state index contributed by atoms with van der Waals surface area (Å²) >= 11 is 0. The van der Waals surface area contributed by atoms with Crippen LogP contribution in [0.3, 0.4) is 0 Å². The molecule has 116 valence electrons. The molecule has 1 rings (SSSR count). The zero-order chi connectivity index (χ0) is 15.6. The Morgan fingerprint density at radius 1 is 1.25 bits per heavy atom. The molecule has 0 saturated heterocycles. The number of alkyl halides is 5. The minimum atomic E-state index is -5.82. The van der Waals surface area contributed by atoms with Crippen LogP contribution >= 0.6 is 0 Å². The molecule has 0 saturated carbocycles. The number of nitrogens with zero attached hydrogens (tertiary/aromatic N) is 2. The number of rotatable bonds is 6. The summed E-state index contributed by atoms with van der Waals surface area (Å²) in [6, 6.07) is 0. The summed E-state index contributed by atoms with van der Waals surface area (Å²) in [6.45, 7) is 3.39. The highest BCUT2D eigenvalue weighted by molar-refractivity contribution is 5.05. The smallest absolute Gasteiger partial charge is 0.379 e. The van der Waals surface area contributed by atoms with Gasteiger partial charge in [0.25, 0.3) is 0 Å². The van der Waals surface area contributed by atoms with E-state index < -0.39 is 29.4 Å². The lowest BCUT2D eigenvalue weighted by Crippen LogP contribution is -2.40. The highest BCUT2D eigenvalue weighted by Gasteiger charge is 2.63. The minimum Gasteiger partial charge on any atom is -0.379 e. The van der Waals surface area contributed by atoms with E-state index in [4.69, 9.17) is 10.5 Å². The Kier molecular flexibility index (Phi) is 4.70. The standard InChI is InChI=1S/C10H14F5N3O2/c1-3-4-19-5-8(2,16)6-17-7(20-18-6)9(11,12)10(13,14)15/h3-5,16H2,1-2H3. The molecule has 2 N–H and O–H groups in total. The Morgan fingerprint density at radius 2 is 1.85 bits per heavy atom. The largest absolute Gasteiger partial charge is 0.463 e. The Labute approximate surface area is 111 Å². The highest BCUT2D eigenvalue weighted by Crippen LogP contribution is 2.43. The van der Waals surface area contributed by atoms with Crippen LogP contribution in [0.2, 0.25) is 0 Å². The summed E-state index contributed by atoms with van der Waals surface area (Å²) in [5.74, 6) is -7.54. The van der Waals surface area contributed by atoms with Crippen LogP contribution in [0.4, 0.5) is 22.0 Å². The average molecular weight is 303 g/mol. The van der Waals surface area contributed by atoms with Crippen molar-refractivity contribution < 1.29 is 31.2 Å². The summed E-state index contributed by atoms with van der Waals surface area (Å²) in [5, 5.41) is 3.08. The van der Waals surface area contributed by atoms with E-state index in [0.717, 1.165) is 0 Å². The first-order valence-corrected chi connectivity index (χ1v) is 5.68. The molecule has 1 unspecified atom stereocenters. The number of hydrogen-bond donors (Lipinski definition) is 1. The van der Waals surface area contributed by atoms with Gasteiger partial charge in [0.2, 0.25) is 0 Å². The van der Waals surface area contributed by atoms with Gasteiger partial charge in [0.15, 0.2) is 5.82 Å². The van der Waals surface area contributed by atoms with Crippen molar-refractivity contribution in [1.29, 1.82) is 0 Å². The summed E-state index contributed by atoms with van der Waals surface area (Å²) in [5.41, 5.74) is 4.28. The van der Waals surface area contributed by atoms with Crippen molar-refractivity contribution in [2.24, 2.45) is 5.73 Å². The molecule has 20 heavy (non-hydrogen) atoms. The van der Waals surface area contributed by atoms with Crippen LogP contribution in [0, 0.1) is 0 Å². The molecule has 0 fully saturated rings. The van der Waals surface area contributed by atoms with E-state index in [0.29, 0.717) is 13.0 Å². The van der Waals surface area contributed by atoms with Gasteiger partial charge in [-0.05, 0) is 13.3 Å². The number of hydrogen-bond acceptors (Lipinski definition) is 5. The predicted molar refractivity (Wildman–Crippen MR) is 56.9 cm³/mol. The quantitative estimate of drug-likeness (QED) is 0.645. The summed E-state index contributed by atoms with van der Waals surface area (Å²) in [6.07, 6.45) is -5.12. The average Bonchev–Trinajstić information content (AvgIpc) is 2.77. The summed E-state index contributed by atoms with van der Waals surface area (Å²) in [4.78, 5) is 3.05. The lowest BCUT2D eigenvalue weighted by atomic mass is 10.1. The molecule has 0 aromatic carbocycles. The maximum absolute atomic E-state index is 13.0. The van der Waals surface area contributed by atoms with Crippen LogP contribution in [0.15, 0.2) is 4.52 Å². The van der Waals surface area contributed by atoms with Crippen LogP contribution in [0.5, 0.6) is 0 Å². The zero-order valence-electron chi connectivity index (χ0n) is 10.8. The molecule has 10 heteroatoms. The molecule has 0 amide bonds. The number of aromatic nitrogens is 2. The third-order valence-electron chi connectivity index (χ3n) is 2.31. The van der Waals surface area contributed by atoms with Gasteiger partial charge in [-0.15, -0.1) is 0 Å². The van der Waals surface area contributed by atoms with Crippen molar-refractivity contribution in [2.45, 2.75) is 37.9 Å². The second kappa shape index (κ2) is 5.60. The second-order valence-electron chi connectivity index (χ2n) is 4.47. The lowest BCUT2D eigenvalue weighted by molar-refractivity contribution is -0.298. The van der Waals surface area contributed by atoms with Crippen LogP contribution in [-0.2, 0) is 16.2 Å². The molecule has 0 aliphatic rings. The van der Waals surface area contributed by atoms with Gasteiger partial charge in [-0.25, -0.2) is 0 Å². The molecule has 0 spiro atoms.